The van der Waals surface area contributed by atoms with Gasteiger partial charge in [0.15, 0.2) is 0 Å². The maximum atomic E-state index is 12.2. The molecule has 0 aliphatic heterocycles. The lowest BCUT2D eigenvalue weighted by atomic mass is 10.1. The van der Waals surface area contributed by atoms with Crippen LogP contribution in [0.1, 0.15) is 33.6 Å². The highest BCUT2D eigenvalue weighted by atomic mass is 79.9. The van der Waals surface area contributed by atoms with Crippen LogP contribution in [0.3, 0.4) is 0 Å². The molecule has 0 saturated carbocycles. The molecular formula is C13H19BrClNO2S. The molecular weight excluding hydrogens is 350 g/mol. The van der Waals surface area contributed by atoms with Crippen LogP contribution in [-0.2, 0) is 10.0 Å². The minimum Gasteiger partial charge on any atom is -0.208 e. The number of nitrogens with one attached hydrogen (secondary N) is 1. The van der Waals surface area contributed by atoms with Gasteiger partial charge in [0, 0.05) is 10.5 Å². The smallest absolute Gasteiger partial charge is 0.208 e. The van der Waals surface area contributed by atoms with Crippen molar-refractivity contribution in [3.05, 3.63) is 27.7 Å². The third-order valence-corrected chi connectivity index (χ3v) is 5.54. The summed E-state index contributed by atoms with van der Waals surface area (Å²) in [7, 11) is -3.49. The molecule has 1 rings (SSSR count). The summed E-state index contributed by atoms with van der Waals surface area (Å²) in [5.74, 6) is 0.566. The molecule has 6 heteroatoms. The highest BCUT2D eigenvalue weighted by Crippen LogP contribution is 2.25. The van der Waals surface area contributed by atoms with Gasteiger partial charge >= 0.3 is 0 Å². The van der Waals surface area contributed by atoms with E-state index < -0.39 is 10.0 Å². The topological polar surface area (TPSA) is 46.2 Å². The molecule has 0 aliphatic carbocycles. The quantitative estimate of drug-likeness (QED) is 0.817. The van der Waals surface area contributed by atoms with E-state index in [0.717, 1.165) is 12.8 Å². The van der Waals surface area contributed by atoms with Crippen LogP contribution >= 0.6 is 27.5 Å². The molecule has 1 aromatic rings. The maximum Gasteiger partial charge on any atom is 0.240 e. The number of hydrogen-bond donors (Lipinski definition) is 1. The van der Waals surface area contributed by atoms with Crippen molar-refractivity contribution in [1.29, 1.82) is 0 Å². The van der Waals surface area contributed by atoms with Crippen LogP contribution in [0.25, 0.3) is 0 Å². The van der Waals surface area contributed by atoms with Crippen LogP contribution in [0.5, 0.6) is 0 Å². The van der Waals surface area contributed by atoms with Crippen molar-refractivity contribution in [3.63, 3.8) is 0 Å². The molecule has 1 aromatic carbocycles. The summed E-state index contributed by atoms with van der Waals surface area (Å²) < 4.78 is 27.6. The maximum absolute atomic E-state index is 12.2. The zero-order valence-electron chi connectivity index (χ0n) is 11.3. The predicted octanol–water partition coefficient (Wildman–Crippen LogP) is 4.21. The summed E-state index contributed by atoms with van der Waals surface area (Å²) in [4.78, 5) is 0.222. The molecule has 0 spiro atoms. The Bertz CT molecular complexity index is 531. The highest BCUT2D eigenvalue weighted by molar-refractivity contribution is 9.10. The third kappa shape index (κ3) is 5.42. The number of rotatable bonds is 6. The van der Waals surface area contributed by atoms with Gasteiger partial charge in [0.05, 0.1) is 9.92 Å². The second kappa shape index (κ2) is 7.07. The molecule has 0 bridgehead atoms. The van der Waals surface area contributed by atoms with Gasteiger partial charge in [-0.05, 0) is 59.8 Å². The fourth-order valence-corrected chi connectivity index (χ4v) is 3.57. The number of benzene rings is 1. The Kier molecular flexibility index (Phi) is 6.30. The molecule has 0 aliphatic rings. The van der Waals surface area contributed by atoms with Crippen LogP contribution in [0.2, 0.25) is 5.02 Å². The second-order valence-electron chi connectivity index (χ2n) is 5.07. The van der Waals surface area contributed by atoms with Crippen LogP contribution < -0.4 is 4.72 Å². The molecule has 0 saturated heterocycles. The summed E-state index contributed by atoms with van der Waals surface area (Å²) in [6, 6.07) is 4.51. The molecule has 19 heavy (non-hydrogen) atoms. The van der Waals surface area contributed by atoms with Crippen molar-refractivity contribution < 1.29 is 8.42 Å². The van der Waals surface area contributed by atoms with E-state index in [-0.39, 0.29) is 10.9 Å². The van der Waals surface area contributed by atoms with Crippen LogP contribution in [-0.4, -0.2) is 14.5 Å². The van der Waals surface area contributed by atoms with E-state index in [0.29, 0.717) is 15.4 Å². The molecule has 0 radical (unpaired) electrons. The molecule has 1 unspecified atom stereocenters. The summed E-state index contributed by atoms with van der Waals surface area (Å²) in [5.41, 5.74) is 0. The van der Waals surface area contributed by atoms with E-state index in [1.54, 1.807) is 6.07 Å². The van der Waals surface area contributed by atoms with Crippen LogP contribution in [0.15, 0.2) is 27.6 Å². The number of hydrogen-bond acceptors (Lipinski definition) is 2. The fourth-order valence-electron chi connectivity index (χ4n) is 1.62. The summed E-state index contributed by atoms with van der Waals surface area (Å²) in [6.45, 7) is 6.12. The number of sulfonamides is 1. The summed E-state index contributed by atoms with van der Waals surface area (Å²) in [5, 5.41) is 0.492. The Balaban J connectivity index is 2.77. The van der Waals surface area contributed by atoms with Gasteiger partial charge in [-0.15, -0.1) is 0 Å². The minimum atomic E-state index is -3.49. The van der Waals surface area contributed by atoms with E-state index in [4.69, 9.17) is 11.6 Å². The van der Waals surface area contributed by atoms with Crippen molar-refractivity contribution >= 4 is 37.6 Å². The lowest BCUT2D eigenvalue weighted by Crippen LogP contribution is -2.32. The third-order valence-electron chi connectivity index (χ3n) is 2.73. The SMILES string of the molecule is CC(C)CCC(C)NS(=O)(=O)c1ccc(Cl)c(Br)c1. The lowest BCUT2D eigenvalue weighted by Gasteiger charge is -2.15. The first kappa shape index (κ1) is 17.0. The standard InChI is InChI=1S/C13H19BrClNO2S/c1-9(2)4-5-10(3)16-19(17,18)11-6-7-13(15)12(14)8-11/h6-10,16H,4-5H2,1-3H3. The lowest BCUT2D eigenvalue weighted by molar-refractivity contribution is 0.485. The second-order valence-corrected chi connectivity index (χ2v) is 8.04. The Morgan fingerprint density at radius 2 is 1.89 bits per heavy atom. The molecule has 108 valence electrons. The van der Waals surface area contributed by atoms with Gasteiger partial charge in [-0.3, -0.25) is 0 Å². The van der Waals surface area contributed by atoms with Crippen molar-refractivity contribution in [1.82, 2.24) is 4.72 Å². The van der Waals surface area contributed by atoms with Crippen molar-refractivity contribution in [2.45, 2.75) is 44.6 Å². The molecule has 0 amide bonds. The van der Waals surface area contributed by atoms with Crippen molar-refractivity contribution in [3.8, 4) is 0 Å². The zero-order valence-corrected chi connectivity index (χ0v) is 14.4. The molecule has 3 nitrogen and oxygen atoms in total. The van der Waals surface area contributed by atoms with Crippen LogP contribution in [0.4, 0.5) is 0 Å². The van der Waals surface area contributed by atoms with Crippen LogP contribution in [0, 0.1) is 5.92 Å². The van der Waals surface area contributed by atoms with Crippen molar-refractivity contribution in [2.24, 2.45) is 5.92 Å². The first-order valence-electron chi connectivity index (χ1n) is 6.19. The van der Waals surface area contributed by atoms with E-state index >= 15 is 0 Å². The molecule has 0 heterocycles. The minimum absolute atomic E-state index is 0.0816. The average molecular weight is 369 g/mol. The first-order valence-corrected chi connectivity index (χ1v) is 8.85. The van der Waals surface area contributed by atoms with Crippen molar-refractivity contribution in [2.75, 3.05) is 0 Å². The fraction of sp³-hybridized carbons (Fsp3) is 0.538. The zero-order chi connectivity index (χ0) is 14.6. The van der Waals surface area contributed by atoms with E-state index in [9.17, 15) is 8.42 Å². The molecule has 0 aromatic heterocycles. The Morgan fingerprint density at radius 3 is 2.42 bits per heavy atom. The Hall–Kier alpha value is -0.100. The van der Waals surface area contributed by atoms with Gasteiger partial charge in [-0.2, -0.15) is 0 Å². The highest BCUT2D eigenvalue weighted by Gasteiger charge is 2.18. The van der Waals surface area contributed by atoms with Gasteiger partial charge < -0.3 is 0 Å². The predicted molar refractivity (Wildman–Crippen MR) is 83.0 cm³/mol. The normalized spacial score (nSPS) is 13.8. The number of halogens is 2. The van der Waals surface area contributed by atoms with E-state index in [1.807, 2.05) is 6.92 Å². The molecule has 1 atom stereocenters. The Labute approximate surface area is 128 Å². The monoisotopic (exact) mass is 367 g/mol. The largest absolute Gasteiger partial charge is 0.240 e. The summed E-state index contributed by atoms with van der Waals surface area (Å²) >= 11 is 9.09. The average Bonchev–Trinajstić information content (AvgIpc) is 2.29. The summed E-state index contributed by atoms with van der Waals surface area (Å²) in [6.07, 6.45) is 1.82. The molecule has 1 N–H and O–H groups in total. The van der Waals surface area contributed by atoms with Gasteiger partial charge in [-0.1, -0.05) is 25.4 Å². The van der Waals surface area contributed by atoms with E-state index in [1.165, 1.54) is 12.1 Å². The Morgan fingerprint density at radius 1 is 1.26 bits per heavy atom. The molecule has 0 fully saturated rings. The van der Waals surface area contributed by atoms with Gasteiger partial charge in [0.1, 0.15) is 0 Å². The first-order chi connectivity index (χ1) is 8.72. The van der Waals surface area contributed by atoms with Gasteiger partial charge in [-0.25, -0.2) is 13.1 Å². The van der Waals surface area contributed by atoms with E-state index in [2.05, 4.69) is 34.5 Å². The van der Waals surface area contributed by atoms with Gasteiger partial charge in [0.25, 0.3) is 0 Å². The van der Waals surface area contributed by atoms with Gasteiger partial charge in [0.2, 0.25) is 10.0 Å².